The maximum absolute atomic E-state index is 3.97. The van der Waals surface area contributed by atoms with E-state index < -0.39 is 0 Å². The van der Waals surface area contributed by atoms with Gasteiger partial charge in [-0.15, -0.1) is 22.7 Å². The number of nitrogens with one attached hydrogen (secondary N) is 1. The molecular formula is C17H22N2S2. The van der Waals surface area contributed by atoms with Gasteiger partial charge in [-0.05, 0) is 61.7 Å². The maximum atomic E-state index is 3.97. The Morgan fingerprint density at radius 2 is 1.81 bits per heavy atom. The molecule has 1 N–H and O–H groups in total. The van der Waals surface area contributed by atoms with Crippen molar-refractivity contribution < 1.29 is 0 Å². The molecule has 2 atom stereocenters. The van der Waals surface area contributed by atoms with E-state index in [1.54, 1.807) is 0 Å². The molecule has 2 aromatic rings. The largest absolute Gasteiger partial charge is 0.302 e. The van der Waals surface area contributed by atoms with E-state index in [-0.39, 0.29) is 0 Å². The highest BCUT2D eigenvalue weighted by Crippen LogP contribution is 2.33. The highest BCUT2D eigenvalue weighted by Gasteiger charge is 2.33. The fourth-order valence-corrected chi connectivity index (χ4v) is 5.51. The fourth-order valence-electron chi connectivity index (χ4n) is 3.83. The average molecular weight is 319 g/mol. The summed E-state index contributed by atoms with van der Waals surface area (Å²) in [5.41, 5.74) is 0. The SMILES string of the molecule is c1csc(C(NC2CCN3CCCC3C2)c2cccs2)c1. The van der Waals surface area contributed by atoms with Crippen molar-refractivity contribution in [1.82, 2.24) is 10.2 Å². The van der Waals surface area contributed by atoms with Crippen LogP contribution in [0.25, 0.3) is 0 Å². The minimum absolute atomic E-state index is 0.392. The zero-order valence-corrected chi connectivity index (χ0v) is 13.8. The molecule has 0 radical (unpaired) electrons. The summed E-state index contributed by atoms with van der Waals surface area (Å²) in [6.07, 6.45) is 5.43. The standard InChI is InChI=1S/C17H22N2S2/c1-4-14-12-13(7-9-19(14)8-1)18-17(15-5-2-10-20-15)16-6-3-11-21-16/h2-3,5-6,10-11,13-14,17-18H,1,4,7-9,12H2. The minimum atomic E-state index is 0.392. The van der Waals surface area contributed by atoms with Crippen LogP contribution in [-0.2, 0) is 0 Å². The molecule has 0 amide bonds. The van der Waals surface area contributed by atoms with E-state index in [9.17, 15) is 0 Å². The lowest BCUT2D eigenvalue weighted by Crippen LogP contribution is -2.46. The van der Waals surface area contributed by atoms with E-state index in [1.807, 2.05) is 22.7 Å². The molecule has 2 unspecified atom stereocenters. The molecule has 0 saturated carbocycles. The van der Waals surface area contributed by atoms with Crippen molar-refractivity contribution in [2.24, 2.45) is 0 Å². The molecule has 4 heterocycles. The Hall–Kier alpha value is -0.680. The molecule has 4 rings (SSSR count). The molecule has 21 heavy (non-hydrogen) atoms. The molecule has 0 aromatic carbocycles. The van der Waals surface area contributed by atoms with Crippen LogP contribution in [-0.4, -0.2) is 30.1 Å². The number of fused-ring (bicyclic) bond motifs is 1. The van der Waals surface area contributed by atoms with Crippen LogP contribution in [0.15, 0.2) is 35.0 Å². The van der Waals surface area contributed by atoms with E-state index in [2.05, 4.69) is 45.2 Å². The lowest BCUT2D eigenvalue weighted by atomic mass is 9.96. The van der Waals surface area contributed by atoms with Crippen LogP contribution in [0, 0.1) is 0 Å². The third kappa shape index (κ3) is 2.95. The van der Waals surface area contributed by atoms with Gasteiger partial charge in [0.25, 0.3) is 0 Å². The monoisotopic (exact) mass is 318 g/mol. The van der Waals surface area contributed by atoms with E-state index in [1.165, 1.54) is 48.5 Å². The lowest BCUT2D eigenvalue weighted by Gasteiger charge is -2.36. The van der Waals surface area contributed by atoms with Crippen LogP contribution in [0.1, 0.15) is 41.5 Å². The van der Waals surface area contributed by atoms with Crippen molar-refractivity contribution in [3.05, 3.63) is 44.8 Å². The highest BCUT2D eigenvalue weighted by molar-refractivity contribution is 7.11. The molecule has 2 aliphatic heterocycles. The van der Waals surface area contributed by atoms with Crippen molar-refractivity contribution in [1.29, 1.82) is 0 Å². The molecule has 2 aliphatic rings. The van der Waals surface area contributed by atoms with E-state index in [0.29, 0.717) is 12.1 Å². The summed E-state index contributed by atoms with van der Waals surface area (Å²) in [6.45, 7) is 2.61. The first-order chi connectivity index (χ1) is 10.4. The van der Waals surface area contributed by atoms with Crippen LogP contribution >= 0.6 is 22.7 Å². The summed E-state index contributed by atoms with van der Waals surface area (Å²) in [6, 6.07) is 10.8. The van der Waals surface area contributed by atoms with Gasteiger partial charge >= 0.3 is 0 Å². The van der Waals surface area contributed by atoms with Gasteiger partial charge in [0.1, 0.15) is 0 Å². The first-order valence-electron chi connectivity index (χ1n) is 7.97. The zero-order valence-electron chi connectivity index (χ0n) is 12.2. The lowest BCUT2D eigenvalue weighted by molar-refractivity contribution is 0.164. The molecule has 0 spiro atoms. The number of hydrogen-bond acceptors (Lipinski definition) is 4. The topological polar surface area (TPSA) is 15.3 Å². The minimum Gasteiger partial charge on any atom is -0.302 e. The molecule has 4 heteroatoms. The Morgan fingerprint density at radius 1 is 1.05 bits per heavy atom. The molecule has 2 saturated heterocycles. The number of hydrogen-bond donors (Lipinski definition) is 1. The molecular weight excluding hydrogens is 296 g/mol. The first kappa shape index (κ1) is 13.9. The van der Waals surface area contributed by atoms with Crippen LogP contribution in [0.2, 0.25) is 0 Å². The third-order valence-corrected chi connectivity index (χ3v) is 6.75. The Bertz CT molecular complexity index is 515. The van der Waals surface area contributed by atoms with Gasteiger partial charge in [-0.25, -0.2) is 0 Å². The van der Waals surface area contributed by atoms with Gasteiger partial charge in [-0.1, -0.05) is 12.1 Å². The van der Waals surface area contributed by atoms with E-state index in [0.717, 1.165) is 6.04 Å². The number of rotatable bonds is 4. The van der Waals surface area contributed by atoms with Crippen LogP contribution in [0.3, 0.4) is 0 Å². The van der Waals surface area contributed by atoms with Crippen LogP contribution in [0.4, 0.5) is 0 Å². The predicted octanol–water partition coefficient (Wildman–Crippen LogP) is 4.12. The quantitative estimate of drug-likeness (QED) is 0.912. The zero-order chi connectivity index (χ0) is 14.1. The second-order valence-corrected chi connectivity index (χ2v) is 8.14. The van der Waals surface area contributed by atoms with E-state index in [4.69, 9.17) is 0 Å². The summed E-state index contributed by atoms with van der Waals surface area (Å²) >= 11 is 3.74. The second-order valence-electron chi connectivity index (χ2n) is 6.18. The summed E-state index contributed by atoms with van der Waals surface area (Å²) < 4.78 is 0. The second kappa shape index (κ2) is 6.21. The van der Waals surface area contributed by atoms with E-state index >= 15 is 0 Å². The van der Waals surface area contributed by atoms with Gasteiger partial charge in [-0.3, -0.25) is 0 Å². The average Bonchev–Trinajstić information content (AvgIpc) is 3.24. The van der Waals surface area contributed by atoms with Crippen molar-refractivity contribution >= 4 is 22.7 Å². The Morgan fingerprint density at radius 3 is 2.48 bits per heavy atom. The Kier molecular flexibility index (Phi) is 4.12. The van der Waals surface area contributed by atoms with Crippen molar-refractivity contribution in [2.75, 3.05) is 13.1 Å². The smallest absolute Gasteiger partial charge is 0.0767 e. The third-order valence-electron chi connectivity index (χ3n) is 4.88. The van der Waals surface area contributed by atoms with Gasteiger partial charge in [0.15, 0.2) is 0 Å². The summed E-state index contributed by atoms with van der Waals surface area (Å²) in [4.78, 5) is 5.60. The molecule has 2 aromatic heterocycles. The van der Waals surface area contributed by atoms with Crippen molar-refractivity contribution in [2.45, 2.75) is 43.8 Å². The summed E-state index contributed by atoms with van der Waals surface area (Å²) in [7, 11) is 0. The normalized spacial score (nSPS) is 26.3. The summed E-state index contributed by atoms with van der Waals surface area (Å²) in [5, 5.41) is 8.35. The van der Waals surface area contributed by atoms with Crippen LogP contribution in [0.5, 0.6) is 0 Å². The molecule has 112 valence electrons. The number of thiophene rings is 2. The Labute approximate surface area is 134 Å². The van der Waals surface area contributed by atoms with Gasteiger partial charge in [0.05, 0.1) is 6.04 Å². The van der Waals surface area contributed by atoms with Gasteiger partial charge in [-0.2, -0.15) is 0 Å². The van der Waals surface area contributed by atoms with Crippen molar-refractivity contribution in [3.8, 4) is 0 Å². The number of nitrogens with zero attached hydrogens (tertiary/aromatic N) is 1. The first-order valence-corrected chi connectivity index (χ1v) is 9.73. The van der Waals surface area contributed by atoms with Gasteiger partial charge < -0.3 is 10.2 Å². The predicted molar refractivity (Wildman–Crippen MR) is 91.2 cm³/mol. The van der Waals surface area contributed by atoms with Crippen molar-refractivity contribution in [3.63, 3.8) is 0 Å². The van der Waals surface area contributed by atoms with Crippen LogP contribution < -0.4 is 5.32 Å². The molecule has 0 bridgehead atoms. The van der Waals surface area contributed by atoms with Gasteiger partial charge in [0, 0.05) is 21.8 Å². The van der Waals surface area contributed by atoms with Gasteiger partial charge in [0.2, 0.25) is 0 Å². The molecule has 2 nitrogen and oxygen atoms in total. The maximum Gasteiger partial charge on any atom is 0.0767 e. The molecule has 0 aliphatic carbocycles. The Balaban J connectivity index is 1.50. The highest BCUT2D eigenvalue weighted by atomic mass is 32.1. The summed E-state index contributed by atoms with van der Waals surface area (Å²) in [5.74, 6) is 0. The molecule has 2 fully saturated rings. The number of piperidine rings is 1. The fraction of sp³-hybridized carbons (Fsp3) is 0.529.